The highest BCUT2D eigenvalue weighted by Crippen LogP contribution is 2.73. The van der Waals surface area contributed by atoms with Crippen molar-refractivity contribution in [3.8, 4) is 0 Å². The van der Waals surface area contributed by atoms with E-state index in [1.54, 1.807) is 0 Å². The molecule has 0 aliphatic heterocycles. The van der Waals surface area contributed by atoms with Gasteiger partial charge in [-0.25, -0.2) is 0 Å². The molecular formula is C30H38O3. The summed E-state index contributed by atoms with van der Waals surface area (Å²) in [5.41, 5.74) is 4.83. The van der Waals surface area contributed by atoms with Gasteiger partial charge in [-0.1, -0.05) is 43.4 Å². The van der Waals surface area contributed by atoms with Gasteiger partial charge >= 0.3 is 0 Å². The Morgan fingerprint density at radius 2 is 2.06 bits per heavy atom. The van der Waals surface area contributed by atoms with Crippen LogP contribution in [0.1, 0.15) is 87.3 Å². The van der Waals surface area contributed by atoms with E-state index in [-0.39, 0.29) is 17.4 Å². The molecule has 1 aromatic rings. The summed E-state index contributed by atoms with van der Waals surface area (Å²) in [6, 6.07) is 6.90. The topological polar surface area (TPSA) is 57.5 Å². The number of fused-ring (bicyclic) bond motifs is 4. The minimum Gasteiger partial charge on any atom is -0.396 e. The van der Waals surface area contributed by atoms with Crippen LogP contribution in [0.15, 0.2) is 36.4 Å². The molecule has 0 amide bonds. The Labute approximate surface area is 198 Å². The summed E-state index contributed by atoms with van der Waals surface area (Å²) in [7, 11) is 0. The third-order valence-corrected chi connectivity index (χ3v) is 11.0. The highest BCUT2D eigenvalue weighted by Gasteiger charge is 2.67. The highest BCUT2D eigenvalue weighted by molar-refractivity contribution is 5.91. The van der Waals surface area contributed by atoms with Gasteiger partial charge in [0, 0.05) is 13.0 Å². The van der Waals surface area contributed by atoms with E-state index in [0.29, 0.717) is 48.7 Å². The summed E-state index contributed by atoms with van der Waals surface area (Å²) in [5.74, 6) is 2.46. The predicted molar refractivity (Wildman–Crippen MR) is 131 cm³/mol. The van der Waals surface area contributed by atoms with Crippen molar-refractivity contribution < 1.29 is 15.0 Å². The molecule has 7 atom stereocenters. The molecule has 2 N–H and O–H groups in total. The summed E-state index contributed by atoms with van der Waals surface area (Å²) in [6.07, 6.45) is 13.2. The van der Waals surface area contributed by atoms with E-state index in [0.717, 1.165) is 44.9 Å². The average Bonchev–Trinajstić information content (AvgIpc) is 3.08. The number of hydrogen-bond donors (Lipinski definition) is 2. The van der Waals surface area contributed by atoms with Crippen molar-refractivity contribution in [3.05, 3.63) is 53.1 Å². The lowest BCUT2D eigenvalue weighted by molar-refractivity contribution is -0.146. The van der Waals surface area contributed by atoms with Crippen LogP contribution in [0, 0.1) is 28.6 Å². The van der Waals surface area contributed by atoms with Gasteiger partial charge in [-0.3, -0.25) is 4.79 Å². The van der Waals surface area contributed by atoms with E-state index in [2.05, 4.69) is 31.7 Å². The van der Waals surface area contributed by atoms with Gasteiger partial charge in [0.1, 0.15) is 0 Å². The van der Waals surface area contributed by atoms with Crippen LogP contribution in [0.25, 0.3) is 6.08 Å². The smallest absolute Gasteiger partial charge is 0.155 e. The lowest BCUT2D eigenvalue weighted by Crippen LogP contribution is -2.59. The summed E-state index contributed by atoms with van der Waals surface area (Å²) < 4.78 is 0. The monoisotopic (exact) mass is 446 g/mol. The predicted octanol–water partition coefficient (Wildman–Crippen LogP) is 5.59. The lowest BCUT2D eigenvalue weighted by atomic mass is 9.39. The fourth-order valence-corrected chi connectivity index (χ4v) is 9.63. The molecule has 1 spiro atoms. The van der Waals surface area contributed by atoms with Crippen LogP contribution in [0.3, 0.4) is 0 Å². The zero-order chi connectivity index (χ0) is 23.0. The van der Waals surface area contributed by atoms with Gasteiger partial charge in [0.05, 0.1) is 5.60 Å². The third-order valence-electron chi connectivity index (χ3n) is 11.0. The Kier molecular flexibility index (Phi) is 4.88. The second-order valence-corrected chi connectivity index (χ2v) is 12.1. The van der Waals surface area contributed by atoms with Crippen LogP contribution in [0.2, 0.25) is 0 Å². The quantitative estimate of drug-likeness (QED) is 0.633. The number of ketones is 1. The number of benzene rings is 1. The molecule has 2 unspecified atom stereocenters. The van der Waals surface area contributed by atoms with Gasteiger partial charge in [-0.15, -0.1) is 0 Å². The molecule has 5 aliphatic carbocycles. The minimum absolute atomic E-state index is 0.113. The van der Waals surface area contributed by atoms with Crippen molar-refractivity contribution >= 4 is 11.9 Å². The maximum atomic E-state index is 12.5. The first kappa shape index (κ1) is 21.8. The molecule has 0 heterocycles. The molecule has 3 saturated carbocycles. The molecule has 0 radical (unpaired) electrons. The number of rotatable bonds is 4. The summed E-state index contributed by atoms with van der Waals surface area (Å²) >= 11 is 0. The van der Waals surface area contributed by atoms with E-state index in [4.69, 9.17) is 0 Å². The molecule has 6 rings (SSSR count). The first-order chi connectivity index (χ1) is 15.8. The molecular weight excluding hydrogens is 408 g/mol. The van der Waals surface area contributed by atoms with Gasteiger partial charge in [-0.05, 0) is 115 Å². The Bertz CT molecular complexity index is 1040. The minimum atomic E-state index is -0.685. The maximum Gasteiger partial charge on any atom is 0.155 e. The largest absolute Gasteiger partial charge is 0.396 e. The molecule has 0 aromatic heterocycles. The fourth-order valence-electron chi connectivity index (χ4n) is 9.63. The van der Waals surface area contributed by atoms with E-state index in [9.17, 15) is 15.0 Å². The lowest BCUT2D eigenvalue weighted by Gasteiger charge is -2.65. The van der Waals surface area contributed by atoms with Gasteiger partial charge in [-0.2, -0.15) is 0 Å². The van der Waals surface area contributed by atoms with Crippen LogP contribution < -0.4 is 0 Å². The van der Waals surface area contributed by atoms with Crippen molar-refractivity contribution in [1.29, 1.82) is 0 Å². The Balaban J connectivity index is 1.52. The maximum absolute atomic E-state index is 12.5. The van der Waals surface area contributed by atoms with Gasteiger partial charge in [0.15, 0.2) is 5.78 Å². The second kappa shape index (κ2) is 7.39. The summed E-state index contributed by atoms with van der Waals surface area (Å²) in [4.78, 5) is 12.5. The molecule has 3 fully saturated rings. The van der Waals surface area contributed by atoms with Crippen molar-refractivity contribution in [1.82, 2.24) is 0 Å². The molecule has 176 valence electrons. The van der Waals surface area contributed by atoms with Crippen LogP contribution in [-0.2, 0) is 11.2 Å². The summed E-state index contributed by atoms with van der Waals surface area (Å²) in [6.45, 7) is 6.52. The normalized spacial score (nSPS) is 43.1. The van der Waals surface area contributed by atoms with Crippen molar-refractivity contribution in [2.75, 3.05) is 6.61 Å². The highest BCUT2D eigenvalue weighted by atomic mass is 16.3. The molecule has 3 nitrogen and oxygen atoms in total. The van der Waals surface area contributed by atoms with Crippen LogP contribution >= 0.6 is 0 Å². The third kappa shape index (κ3) is 2.85. The molecule has 33 heavy (non-hydrogen) atoms. The van der Waals surface area contributed by atoms with E-state index < -0.39 is 5.60 Å². The van der Waals surface area contributed by atoms with Crippen molar-refractivity contribution in [3.63, 3.8) is 0 Å². The van der Waals surface area contributed by atoms with Crippen LogP contribution in [-0.4, -0.2) is 28.2 Å². The number of carbonyl (C=O) groups excluding carboxylic acids is 1. The number of allylic oxidation sites excluding steroid dienone is 1. The zero-order valence-electron chi connectivity index (χ0n) is 20.0. The molecule has 5 aliphatic rings. The van der Waals surface area contributed by atoms with Crippen molar-refractivity contribution in [2.24, 2.45) is 28.6 Å². The van der Waals surface area contributed by atoms with Gasteiger partial charge in [0.25, 0.3) is 0 Å². The summed E-state index contributed by atoms with van der Waals surface area (Å²) in [5, 5.41) is 21.5. The van der Waals surface area contributed by atoms with Gasteiger partial charge < -0.3 is 10.2 Å². The molecule has 0 saturated heterocycles. The van der Waals surface area contributed by atoms with E-state index in [1.165, 1.54) is 22.3 Å². The molecule has 1 aromatic carbocycles. The fraction of sp³-hybridized carbons (Fsp3) is 0.633. The number of aliphatic hydroxyl groups is 2. The average molecular weight is 447 g/mol. The Morgan fingerprint density at radius 3 is 2.85 bits per heavy atom. The van der Waals surface area contributed by atoms with Crippen LogP contribution in [0.4, 0.5) is 0 Å². The molecule has 3 heteroatoms. The standard InChI is InChI=1S/C30H38O3/c1-3-19-5-7-23-20(15-19)17-29-12-9-22(32)16-21(29)6-8-24-26-10-13-30(33,11-4-14-31)28(26,2)18-25(23)27(24)29/h3,5,7,15-16,24-27,31,33H,1,4,6,8-14,17-18H2,2H3/t24-,25?,26+,27?,28-,29+,30+/m0/s1. The van der Waals surface area contributed by atoms with E-state index in [1.807, 2.05) is 12.2 Å². The first-order valence-corrected chi connectivity index (χ1v) is 13.2. The van der Waals surface area contributed by atoms with Gasteiger partial charge in [0.2, 0.25) is 0 Å². The SMILES string of the molecule is C=Cc1ccc2c(c1)C[C@]13CCC(=O)C=C1CC[C@@H]1C3C2C[C@@]2(C)[C@@H]1CC[C@]2(O)CCCO. The van der Waals surface area contributed by atoms with Crippen LogP contribution in [0.5, 0.6) is 0 Å². The zero-order valence-corrected chi connectivity index (χ0v) is 20.0. The first-order valence-electron chi connectivity index (χ1n) is 13.2. The number of aliphatic hydroxyl groups excluding tert-OH is 1. The number of carbonyl (C=O) groups is 1. The Morgan fingerprint density at radius 1 is 1.21 bits per heavy atom. The number of hydrogen-bond acceptors (Lipinski definition) is 3. The van der Waals surface area contributed by atoms with Crippen molar-refractivity contribution in [2.45, 2.75) is 82.7 Å². The molecule has 0 bridgehead atoms. The second-order valence-electron chi connectivity index (χ2n) is 12.1. The van der Waals surface area contributed by atoms with E-state index >= 15 is 0 Å². The Hall–Kier alpha value is -1.71.